The maximum atomic E-state index is 13.3. The number of carbonyl (C=O) groups excluding carboxylic acids is 1. The van der Waals surface area contributed by atoms with Gasteiger partial charge in [-0.2, -0.15) is 0 Å². The van der Waals surface area contributed by atoms with Crippen LogP contribution in [0.4, 0.5) is 5.95 Å². The Morgan fingerprint density at radius 2 is 1.77 bits per heavy atom. The number of hydrogen-bond donors (Lipinski definition) is 2. The summed E-state index contributed by atoms with van der Waals surface area (Å²) in [6, 6.07) is 2.41. The number of nitrogen functional groups attached to an aromatic ring is 1. The van der Waals surface area contributed by atoms with Crippen LogP contribution >= 0.6 is 12.6 Å². The van der Waals surface area contributed by atoms with Gasteiger partial charge in [-0.1, -0.05) is 66.0 Å². The number of hydrogen-bond acceptors (Lipinski definition) is 6. The molecule has 2 N–H and O–H groups in total. The van der Waals surface area contributed by atoms with Crippen molar-refractivity contribution in [3.05, 3.63) is 71.0 Å². The topological polar surface area (TPSA) is 75.4 Å². The Bertz CT molecular complexity index is 1100. The third-order valence-corrected chi connectivity index (χ3v) is 7.26. The van der Waals surface area contributed by atoms with E-state index in [2.05, 4.69) is 81.0 Å². The quantitative estimate of drug-likeness (QED) is 0.113. The lowest BCUT2D eigenvalue weighted by atomic mass is 9.94. The van der Waals surface area contributed by atoms with Gasteiger partial charge < -0.3 is 10.6 Å². The van der Waals surface area contributed by atoms with Gasteiger partial charge in [0.2, 0.25) is 11.9 Å². The van der Waals surface area contributed by atoms with E-state index in [1.807, 2.05) is 51.7 Å². The summed E-state index contributed by atoms with van der Waals surface area (Å²) in [5.74, 6) is 0.658. The lowest BCUT2D eigenvalue weighted by Gasteiger charge is -2.37. The summed E-state index contributed by atoms with van der Waals surface area (Å²) in [6.07, 6.45) is 9.31. The predicted molar refractivity (Wildman–Crippen MR) is 192 cm³/mol. The Balaban J connectivity index is 0.00000331. The van der Waals surface area contributed by atoms with E-state index in [9.17, 15) is 4.79 Å². The zero-order valence-electron chi connectivity index (χ0n) is 28.8. The number of nitrogens with zero attached hydrogens (tertiary/aromatic N) is 4. The molecule has 1 fully saturated rings. The van der Waals surface area contributed by atoms with Crippen molar-refractivity contribution in [3.63, 3.8) is 0 Å². The van der Waals surface area contributed by atoms with Crippen molar-refractivity contribution >= 4 is 30.1 Å². The third-order valence-electron chi connectivity index (χ3n) is 7.08. The number of carbonyl (C=O) groups is 1. The molecule has 0 spiro atoms. The van der Waals surface area contributed by atoms with Gasteiger partial charge in [0.1, 0.15) is 0 Å². The first-order chi connectivity index (χ1) is 20.3. The molecule has 1 aliphatic heterocycles. The number of unbranched alkanes of at least 4 members (excludes halogenated alkanes) is 1. The molecule has 1 atom stereocenters. The smallest absolute Gasteiger partial charge is 0.249 e. The van der Waals surface area contributed by atoms with Gasteiger partial charge in [-0.05, 0) is 94.8 Å². The van der Waals surface area contributed by atoms with Crippen molar-refractivity contribution in [2.45, 2.75) is 107 Å². The average Bonchev–Trinajstić information content (AvgIpc) is 2.93. The van der Waals surface area contributed by atoms with Crippen LogP contribution in [-0.4, -0.2) is 57.9 Å². The number of anilines is 1. The van der Waals surface area contributed by atoms with Crippen molar-refractivity contribution in [1.82, 2.24) is 19.8 Å². The number of amides is 1. The summed E-state index contributed by atoms with van der Waals surface area (Å²) in [4.78, 5) is 27.8. The van der Waals surface area contributed by atoms with Crippen LogP contribution in [-0.2, 0) is 11.2 Å². The van der Waals surface area contributed by atoms with Crippen LogP contribution in [0.3, 0.4) is 0 Å². The molecular weight excluding hydrogens is 550 g/mol. The molecule has 0 bridgehead atoms. The molecule has 1 aromatic rings. The second-order valence-corrected chi connectivity index (χ2v) is 12.1. The monoisotopic (exact) mass is 611 g/mol. The van der Waals surface area contributed by atoms with E-state index in [1.165, 1.54) is 6.42 Å². The van der Waals surface area contributed by atoms with E-state index in [4.69, 9.17) is 5.73 Å². The molecule has 0 saturated carbocycles. The molecular formula is C36H61N5OS. The molecule has 1 aliphatic rings. The Labute approximate surface area is 269 Å². The molecule has 7 heteroatoms. The maximum Gasteiger partial charge on any atom is 0.249 e. The summed E-state index contributed by atoms with van der Waals surface area (Å²) in [6.45, 7) is 34.0. The summed E-state index contributed by atoms with van der Waals surface area (Å²) in [5.41, 5.74) is 11.4. The fourth-order valence-electron chi connectivity index (χ4n) is 4.91. The van der Waals surface area contributed by atoms with Gasteiger partial charge in [-0.3, -0.25) is 9.69 Å². The molecule has 0 radical (unpaired) electrons. The highest BCUT2D eigenvalue weighted by molar-refractivity contribution is 7.84. The minimum absolute atomic E-state index is 0.0747. The molecule has 2 rings (SSSR count). The summed E-state index contributed by atoms with van der Waals surface area (Å²) in [7, 11) is 0. The summed E-state index contributed by atoms with van der Waals surface area (Å²) < 4.78 is 0. The molecule has 0 unspecified atom stereocenters. The molecule has 1 saturated heterocycles. The van der Waals surface area contributed by atoms with Crippen LogP contribution in [0.2, 0.25) is 0 Å². The number of nitrogens with two attached hydrogens (primary N) is 1. The number of thiol groups is 1. The molecule has 1 amide bonds. The van der Waals surface area contributed by atoms with Gasteiger partial charge in [0.25, 0.3) is 0 Å². The van der Waals surface area contributed by atoms with Crippen LogP contribution in [0.15, 0.2) is 59.6 Å². The Hall–Kier alpha value is -2.64. The minimum atomic E-state index is 0.0747. The highest BCUT2D eigenvalue weighted by atomic mass is 32.1. The van der Waals surface area contributed by atoms with Gasteiger partial charge in [0.15, 0.2) is 0 Å². The minimum Gasteiger partial charge on any atom is -0.368 e. The van der Waals surface area contributed by atoms with Crippen LogP contribution in [0.1, 0.15) is 106 Å². The first-order valence-electron chi connectivity index (χ1n) is 16.0. The molecule has 43 heavy (non-hydrogen) atoms. The van der Waals surface area contributed by atoms with E-state index in [1.54, 1.807) is 0 Å². The molecule has 2 heterocycles. The van der Waals surface area contributed by atoms with Crippen LogP contribution in [0.5, 0.6) is 0 Å². The Kier molecular flexibility index (Phi) is 20.6. The van der Waals surface area contributed by atoms with Gasteiger partial charge in [-0.25, -0.2) is 9.97 Å². The first-order valence-corrected chi connectivity index (χ1v) is 16.5. The van der Waals surface area contributed by atoms with Crippen LogP contribution < -0.4 is 5.73 Å². The fourth-order valence-corrected chi connectivity index (χ4v) is 5.04. The number of allylic oxidation sites excluding steroid dienone is 6. The highest BCUT2D eigenvalue weighted by Gasteiger charge is 2.26. The largest absolute Gasteiger partial charge is 0.368 e. The number of rotatable bonds is 11. The van der Waals surface area contributed by atoms with E-state index < -0.39 is 0 Å². The Morgan fingerprint density at radius 3 is 2.30 bits per heavy atom. The van der Waals surface area contributed by atoms with E-state index in [-0.39, 0.29) is 11.9 Å². The third kappa shape index (κ3) is 15.1. The van der Waals surface area contributed by atoms with Crippen molar-refractivity contribution < 1.29 is 4.79 Å². The highest BCUT2D eigenvalue weighted by Crippen LogP contribution is 2.27. The second-order valence-electron chi connectivity index (χ2n) is 11.4. The van der Waals surface area contributed by atoms with Gasteiger partial charge in [0, 0.05) is 49.1 Å². The first kappa shape index (κ1) is 40.4. The van der Waals surface area contributed by atoms with Crippen LogP contribution in [0.25, 0.3) is 5.57 Å². The lowest BCUT2D eigenvalue weighted by Crippen LogP contribution is -2.47. The summed E-state index contributed by atoms with van der Waals surface area (Å²) >= 11 is 4.31. The zero-order valence-corrected chi connectivity index (χ0v) is 29.7. The summed E-state index contributed by atoms with van der Waals surface area (Å²) in [5, 5.41) is 0. The van der Waals surface area contributed by atoms with Crippen molar-refractivity contribution in [3.8, 4) is 0 Å². The average molecular weight is 612 g/mol. The van der Waals surface area contributed by atoms with E-state index in [0.29, 0.717) is 30.5 Å². The number of aromatic nitrogens is 2. The zero-order chi connectivity index (χ0) is 33.1. The van der Waals surface area contributed by atoms with Crippen molar-refractivity contribution in [2.75, 3.05) is 31.9 Å². The van der Waals surface area contributed by atoms with Gasteiger partial charge in [0.05, 0.1) is 5.69 Å². The molecule has 242 valence electrons. The SMILES string of the molecule is C=C/C(C)=C(\C(=C)C)c1cc(C[C@H]2CCN(C(=O)C(=C)CCC/C=C(\C)S)CCN(C(C)C)C2)nc(N)n1.CC.CCC. The van der Waals surface area contributed by atoms with E-state index >= 15 is 0 Å². The van der Waals surface area contributed by atoms with E-state index in [0.717, 1.165) is 78.3 Å². The van der Waals surface area contributed by atoms with Gasteiger partial charge >= 0.3 is 0 Å². The van der Waals surface area contributed by atoms with Crippen molar-refractivity contribution in [2.24, 2.45) is 5.92 Å². The van der Waals surface area contributed by atoms with Crippen LogP contribution in [0, 0.1) is 5.92 Å². The lowest BCUT2D eigenvalue weighted by molar-refractivity contribution is -0.128. The van der Waals surface area contributed by atoms with Crippen molar-refractivity contribution in [1.29, 1.82) is 0 Å². The second kappa shape index (κ2) is 22.0. The Morgan fingerprint density at radius 1 is 1.14 bits per heavy atom. The maximum absolute atomic E-state index is 13.3. The standard InChI is InChI=1S/C31H47N5OS.C3H8.C2H6/c1-9-23(6)29(21(2)3)28-19-27(33-31(32)34-28)18-26-14-15-35(16-17-36(20-26)22(4)5)30(37)24(7)12-10-11-13-25(8)38;1-3-2;1-2/h9,13,19,22,26,38H,1-2,7,10-12,14-18,20H2,3-6,8H3,(H2,32,33,34);3H2,1-2H3;1-2H3/b25-13+,29-23+;;/t26-;;/m1../s1. The normalized spacial score (nSPS) is 16.5. The predicted octanol–water partition coefficient (Wildman–Crippen LogP) is 8.70. The van der Waals surface area contributed by atoms with Gasteiger partial charge in [-0.15, -0.1) is 12.6 Å². The molecule has 1 aromatic heterocycles. The fraction of sp³-hybridized carbons (Fsp3) is 0.583. The molecule has 6 nitrogen and oxygen atoms in total. The molecule has 0 aromatic carbocycles. The molecule has 0 aliphatic carbocycles.